The van der Waals surface area contributed by atoms with E-state index in [1.165, 1.54) is 0 Å². The molecular formula is C10H21O3P. The van der Waals surface area contributed by atoms with Gasteiger partial charge in [-0.2, -0.15) is 0 Å². The van der Waals surface area contributed by atoms with Crippen LogP contribution in [0, 0.1) is 5.92 Å². The van der Waals surface area contributed by atoms with Gasteiger partial charge in [0.15, 0.2) is 0 Å². The van der Waals surface area contributed by atoms with E-state index in [9.17, 15) is 14.4 Å². The van der Waals surface area contributed by atoms with E-state index in [4.69, 9.17) is 0 Å². The van der Waals surface area contributed by atoms with Crippen molar-refractivity contribution in [2.45, 2.75) is 57.5 Å². The highest BCUT2D eigenvalue weighted by atomic mass is 31.2. The summed E-state index contributed by atoms with van der Waals surface area (Å²) in [4.78, 5) is 19.0. The number of hydrogen-bond donors (Lipinski definition) is 2. The molecule has 3 nitrogen and oxygen atoms in total. The fourth-order valence-electron chi connectivity index (χ4n) is 2.93. The van der Waals surface area contributed by atoms with E-state index in [0.29, 0.717) is 12.8 Å². The lowest BCUT2D eigenvalue weighted by Crippen LogP contribution is -2.39. The van der Waals surface area contributed by atoms with Crippen molar-refractivity contribution in [1.29, 1.82) is 0 Å². The first-order valence-electron chi connectivity index (χ1n) is 5.53. The van der Waals surface area contributed by atoms with Crippen LogP contribution >= 0.6 is 7.60 Å². The Morgan fingerprint density at radius 2 is 2.00 bits per heavy atom. The minimum absolute atomic E-state index is 0.210. The summed E-state index contributed by atoms with van der Waals surface area (Å²) in [5.74, 6) is 0.210. The monoisotopic (exact) mass is 220 g/mol. The topological polar surface area (TPSA) is 57.5 Å². The number of hydrogen-bond acceptors (Lipinski definition) is 1. The highest BCUT2D eigenvalue weighted by Crippen LogP contribution is 2.62. The van der Waals surface area contributed by atoms with E-state index in [0.717, 1.165) is 25.7 Å². The molecule has 0 bridgehead atoms. The molecule has 1 saturated carbocycles. The van der Waals surface area contributed by atoms with Gasteiger partial charge in [-0.15, -0.1) is 0 Å². The molecule has 0 spiro atoms. The Morgan fingerprint density at radius 3 is 2.36 bits per heavy atom. The highest BCUT2D eigenvalue weighted by Gasteiger charge is 2.51. The molecule has 0 heterocycles. The maximum absolute atomic E-state index is 11.6. The molecule has 0 amide bonds. The molecule has 0 aliphatic heterocycles. The predicted molar refractivity (Wildman–Crippen MR) is 57.3 cm³/mol. The summed E-state index contributed by atoms with van der Waals surface area (Å²) in [6.07, 6.45) is 5.27. The summed E-state index contributed by atoms with van der Waals surface area (Å²) >= 11 is 0. The van der Waals surface area contributed by atoms with E-state index in [1.807, 2.05) is 13.8 Å². The second-order valence-electron chi connectivity index (χ2n) is 4.35. The zero-order valence-electron chi connectivity index (χ0n) is 9.07. The Kier molecular flexibility index (Phi) is 3.79. The van der Waals surface area contributed by atoms with Gasteiger partial charge in [-0.05, 0) is 25.2 Å². The predicted octanol–water partition coefficient (Wildman–Crippen LogP) is 2.91. The summed E-state index contributed by atoms with van der Waals surface area (Å²) in [6, 6.07) is 0. The zero-order chi connectivity index (χ0) is 10.8. The van der Waals surface area contributed by atoms with Crippen LogP contribution in [0.15, 0.2) is 0 Å². The third-order valence-corrected chi connectivity index (χ3v) is 5.92. The highest BCUT2D eigenvalue weighted by molar-refractivity contribution is 7.53. The van der Waals surface area contributed by atoms with Crippen LogP contribution in [-0.2, 0) is 4.57 Å². The van der Waals surface area contributed by atoms with Crippen molar-refractivity contribution >= 4 is 7.60 Å². The van der Waals surface area contributed by atoms with Gasteiger partial charge in [0.05, 0.1) is 5.16 Å². The summed E-state index contributed by atoms with van der Waals surface area (Å²) in [5.41, 5.74) is 0. The van der Waals surface area contributed by atoms with Gasteiger partial charge in [-0.25, -0.2) is 0 Å². The molecule has 1 aliphatic rings. The van der Waals surface area contributed by atoms with Crippen LogP contribution in [0.5, 0.6) is 0 Å². The summed E-state index contributed by atoms with van der Waals surface area (Å²) in [5, 5.41) is -0.708. The molecule has 2 N–H and O–H groups in total. The molecule has 84 valence electrons. The second kappa shape index (κ2) is 4.34. The first-order valence-corrected chi connectivity index (χ1v) is 7.15. The van der Waals surface area contributed by atoms with Crippen LogP contribution in [-0.4, -0.2) is 14.9 Å². The fraction of sp³-hybridized carbons (Fsp3) is 1.00. The average molecular weight is 220 g/mol. The van der Waals surface area contributed by atoms with Gasteiger partial charge >= 0.3 is 7.60 Å². The van der Waals surface area contributed by atoms with Crippen LogP contribution in [0.4, 0.5) is 0 Å². The Morgan fingerprint density at radius 1 is 1.36 bits per heavy atom. The minimum atomic E-state index is -3.94. The SMILES string of the molecule is CCC1CCCCC1(CC)P(=O)(O)O. The molecule has 4 heteroatoms. The first-order chi connectivity index (χ1) is 6.48. The van der Waals surface area contributed by atoms with Gasteiger partial charge in [-0.1, -0.05) is 33.1 Å². The summed E-state index contributed by atoms with van der Waals surface area (Å²) in [7, 11) is -3.94. The van der Waals surface area contributed by atoms with Crippen molar-refractivity contribution in [3.05, 3.63) is 0 Å². The van der Waals surface area contributed by atoms with Crippen molar-refractivity contribution in [2.24, 2.45) is 5.92 Å². The van der Waals surface area contributed by atoms with Crippen molar-refractivity contribution in [3.63, 3.8) is 0 Å². The minimum Gasteiger partial charge on any atom is -0.324 e. The summed E-state index contributed by atoms with van der Waals surface area (Å²) in [6.45, 7) is 3.95. The van der Waals surface area contributed by atoms with Gasteiger partial charge in [0.2, 0.25) is 0 Å². The molecule has 0 aromatic carbocycles. The quantitative estimate of drug-likeness (QED) is 0.719. The molecule has 0 radical (unpaired) electrons. The first kappa shape index (κ1) is 12.2. The van der Waals surface area contributed by atoms with Gasteiger partial charge < -0.3 is 9.79 Å². The Hall–Kier alpha value is 0.150. The van der Waals surface area contributed by atoms with Crippen molar-refractivity contribution in [3.8, 4) is 0 Å². The molecule has 14 heavy (non-hydrogen) atoms. The lowest BCUT2D eigenvalue weighted by atomic mass is 9.75. The van der Waals surface area contributed by atoms with Crippen molar-refractivity contribution < 1.29 is 14.4 Å². The van der Waals surface area contributed by atoms with Crippen LogP contribution in [0.3, 0.4) is 0 Å². The second-order valence-corrected chi connectivity index (χ2v) is 6.33. The van der Waals surface area contributed by atoms with Gasteiger partial charge in [0.25, 0.3) is 0 Å². The van der Waals surface area contributed by atoms with Gasteiger partial charge in [0.1, 0.15) is 0 Å². The lowest BCUT2D eigenvalue weighted by molar-refractivity contribution is 0.199. The molecule has 0 aromatic heterocycles. The smallest absolute Gasteiger partial charge is 0.324 e. The number of rotatable bonds is 3. The van der Waals surface area contributed by atoms with E-state index < -0.39 is 12.8 Å². The molecule has 1 aliphatic carbocycles. The van der Waals surface area contributed by atoms with Crippen LogP contribution in [0.2, 0.25) is 0 Å². The van der Waals surface area contributed by atoms with E-state index >= 15 is 0 Å². The van der Waals surface area contributed by atoms with E-state index in [-0.39, 0.29) is 5.92 Å². The van der Waals surface area contributed by atoms with Crippen LogP contribution < -0.4 is 0 Å². The maximum atomic E-state index is 11.6. The third kappa shape index (κ3) is 1.91. The molecule has 2 atom stereocenters. The molecule has 1 fully saturated rings. The molecule has 1 rings (SSSR count). The van der Waals surface area contributed by atoms with Crippen LogP contribution in [0.25, 0.3) is 0 Å². The van der Waals surface area contributed by atoms with E-state index in [2.05, 4.69) is 0 Å². The molecular weight excluding hydrogens is 199 g/mol. The standard InChI is InChI=1S/C10H21O3P/c1-3-9-7-5-6-8-10(9,4-2)14(11,12)13/h9H,3-8H2,1-2H3,(H2,11,12,13). The average Bonchev–Trinajstić information content (AvgIpc) is 2.15. The summed E-state index contributed by atoms with van der Waals surface area (Å²) < 4.78 is 11.6. The van der Waals surface area contributed by atoms with Crippen LogP contribution in [0.1, 0.15) is 52.4 Å². The normalized spacial score (nSPS) is 34.4. The van der Waals surface area contributed by atoms with Crippen molar-refractivity contribution in [2.75, 3.05) is 0 Å². The lowest BCUT2D eigenvalue weighted by Gasteiger charge is -2.43. The Bertz CT molecular complexity index is 236. The largest absolute Gasteiger partial charge is 0.331 e. The molecule has 2 unspecified atom stereocenters. The Balaban J connectivity index is 2.99. The van der Waals surface area contributed by atoms with E-state index in [1.54, 1.807) is 0 Å². The third-order valence-electron chi connectivity index (χ3n) is 3.86. The van der Waals surface area contributed by atoms with Gasteiger partial charge in [0, 0.05) is 0 Å². The van der Waals surface area contributed by atoms with Gasteiger partial charge in [-0.3, -0.25) is 4.57 Å². The zero-order valence-corrected chi connectivity index (χ0v) is 9.96. The maximum Gasteiger partial charge on any atom is 0.331 e. The fourth-order valence-corrected chi connectivity index (χ4v) is 4.58. The molecule has 0 saturated heterocycles. The Labute approximate surface area is 86.1 Å². The van der Waals surface area contributed by atoms with Crippen molar-refractivity contribution in [1.82, 2.24) is 0 Å². The molecule has 0 aromatic rings.